The Balaban J connectivity index is 1.63. The van der Waals surface area contributed by atoms with E-state index in [0.717, 1.165) is 38.4 Å². The van der Waals surface area contributed by atoms with Crippen LogP contribution in [0.5, 0.6) is 0 Å². The van der Waals surface area contributed by atoms with Gasteiger partial charge < -0.3 is 9.80 Å². The van der Waals surface area contributed by atoms with Crippen LogP contribution in [0.15, 0.2) is 29.2 Å². The summed E-state index contributed by atoms with van der Waals surface area (Å²) in [5.74, 6) is -0.574. The molecule has 132 valence electrons. The molecule has 0 saturated carbocycles. The highest BCUT2D eigenvalue weighted by Crippen LogP contribution is 2.19. The van der Waals surface area contributed by atoms with E-state index in [1.807, 2.05) is 4.90 Å². The number of rotatable bonds is 2. The van der Waals surface area contributed by atoms with Crippen LogP contribution in [0.25, 0.3) is 0 Å². The summed E-state index contributed by atoms with van der Waals surface area (Å²) in [6.45, 7) is 2.76. The summed E-state index contributed by atoms with van der Waals surface area (Å²) in [4.78, 5) is 16.0. The zero-order valence-electron chi connectivity index (χ0n) is 13.5. The maximum Gasteiger partial charge on any atom is 0.320 e. The maximum absolute atomic E-state index is 13.3. The van der Waals surface area contributed by atoms with E-state index in [-0.39, 0.29) is 24.0 Å². The SMILES string of the molecule is O=C(N1CCCCC1)N1CCN(S(=O)(=O)c2cccc(F)c2)CC1. The second-order valence-electron chi connectivity index (χ2n) is 6.18. The third-order valence-electron chi connectivity index (χ3n) is 4.57. The van der Waals surface area contributed by atoms with Crippen LogP contribution in [-0.4, -0.2) is 67.8 Å². The molecule has 24 heavy (non-hydrogen) atoms. The van der Waals surface area contributed by atoms with Gasteiger partial charge in [0.25, 0.3) is 0 Å². The van der Waals surface area contributed by atoms with Crippen molar-refractivity contribution in [3.8, 4) is 0 Å². The molecule has 3 rings (SSSR count). The largest absolute Gasteiger partial charge is 0.325 e. The number of piperazine rings is 1. The molecule has 6 nitrogen and oxygen atoms in total. The molecular formula is C16H22FN3O3S. The second-order valence-corrected chi connectivity index (χ2v) is 8.12. The van der Waals surface area contributed by atoms with Crippen molar-refractivity contribution in [1.29, 1.82) is 0 Å². The molecular weight excluding hydrogens is 333 g/mol. The van der Waals surface area contributed by atoms with Crippen molar-refractivity contribution in [2.75, 3.05) is 39.3 Å². The molecule has 1 aromatic rings. The molecule has 0 aromatic heterocycles. The highest BCUT2D eigenvalue weighted by Gasteiger charge is 2.32. The minimum absolute atomic E-state index is 0.00231. The van der Waals surface area contributed by atoms with Gasteiger partial charge in [-0.2, -0.15) is 4.31 Å². The Kier molecular flexibility index (Phi) is 5.05. The maximum atomic E-state index is 13.3. The Labute approximate surface area is 141 Å². The van der Waals surface area contributed by atoms with E-state index in [1.54, 1.807) is 4.90 Å². The summed E-state index contributed by atoms with van der Waals surface area (Å²) in [5, 5.41) is 0. The third-order valence-corrected chi connectivity index (χ3v) is 6.46. The first-order valence-corrected chi connectivity index (χ1v) is 9.72. The van der Waals surface area contributed by atoms with Crippen molar-refractivity contribution in [3.63, 3.8) is 0 Å². The number of nitrogens with zero attached hydrogens (tertiary/aromatic N) is 3. The molecule has 0 unspecified atom stereocenters. The molecule has 0 radical (unpaired) electrons. The van der Waals surface area contributed by atoms with Crippen molar-refractivity contribution in [2.45, 2.75) is 24.2 Å². The van der Waals surface area contributed by atoms with Crippen LogP contribution in [0.3, 0.4) is 0 Å². The van der Waals surface area contributed by atoms with Crippen molar-refractivity contribution < 1.29 is 17.6 Å². The monoisotopic (exact) mass is 355 g/mol. The van der Waals surface area contributed by atoms with Gasteiger partial charge in [0.2, 0.25) is 10.0 Å². The topological polar surface area (TPSA) is 60.9 Å². The lowest BCUT2D eigenvalue weighted by Crippen LogP contribution is -2.54. The minimum atomic E-state index is -3.72. The normalized spacial score (nSPS) is 20.2. The average molecular weight is 355 g/mol. The Morgan fingerprint density at radius 3 is 2.17 bits per heavy atom. The number of piperidine rings is 1. The summed E-state index contributed by atoms with van der Waals surface area (Å²) >= 11 is 0. The van der Waals surface area contributed by atoms with Gasteiger partial charge in [-0.3, -0.25) is 0 Å². The summed E-state index contributed by atoms with van der Waals surface area (Å²) in [6.07, 6.45) is 3.21. The van der Waals surface area contributed by atoms with Crippen LogP contribution in [0.4, 0.5) is 9.18 Å². The third kappa shape index (κ3) is 3.54. The van der Waals surface area contributed by atoms with Crippen LogP contribution < -0.4 is 0 Å². The number of hydrogen-bond donors (Lipinski definition) is 0. The fourth-order valence-electron chi connectivity index (χ4n) is 3.18. The molecule has 0 spiro atoms. The number of sulfonamides is 1. The number of carbonyl (C=O) groups excluding carboxylic acids is 1. The van der Waals surface area contributed by atoms with Gasteiger partial charge in [0.05, 0.1) is 4.90 Å². The van der Waals surface area contributed by atoms with E-state index < -0.39 is 15.8 Å². The second kappa shape index (κ2) is 7.06. The van der Waals surface area contributed by atoms with E-state index >= 15 is 0 Å². The van der Waals surface area contributed by atoms with Crippen molar-refractivity contribution >= 4 is 16.1 Å². The van der Waals surface area contributed by atoms with E-state index in [9.17, 15) is 17.6 Å². The lowest BCUT2D eigenvalue weighted by molar-refractivity contribution is 0.126. The molecule has 1 aromatic carbocycles. The highest BCUT2D eigenvalue weighted by molar-refractivity contribution is 7.89. The van der Waals surface area contributed by atoms with Gasteiger partial charge in [-0.15, -0.1) is 0 Å². The number of urea groups is 1. The van der Waals surface area contributed by atoms with Gasteiger partial charge in [0, 0.05) is 39.3 Å². The first kappa shape index (κ1) is 17.2. The Bertz CT molecular complexity index is 696. The van der Waals surface area contributed by atoms with Crippen LogP contribution >= 0.6 is 0 Å². The van der Waals surface area contributed by atoms with E-state index in [2.05, 4.69) is 0 Å². The standard InChI is InChI=1S/C16H22FN3O3S/c17-14-5-4-6-15(13-14)24(22,23)20-11-9-19(10-12-20)16(21)18-7-2-1-3-8-18/h4-6,13H,1-3,7-12H2. The molecule has 8 heteroatoms. The number of amides is 2. The number of likely N-dealkylation sites (tertiary alicyclic amines) is 1. The first-order valence-electron chi connectivity index (χ1n) is 8.28. The van der Waals surface area contributed by atoms with Crippen molar-refractivity contribution in [1.82, 2.24) is 14.1 Å². The fourth-order valence-corrected chi connectivity index (χ4v) is 4.64. The quantitative estimate of drug-likeness (QED) is 0.812. The number of benzene rings is 1. The lowest BCUT2D eigenvalue weighted by atomic mass is 10.1. The average Bonchev–Trinajstić information content (AvgIpc) is 2.62. The molecule has 2 fully saturated rings. The van der Waals surface area contributed by atoms with Gasteiger partial charge in [-0.05, 0) is 37.5 Å². The lowest BCUT2D eigenvalue weighted by Gasteiger charge is -2.38. The predicted molar refractivity (Wildman–Crippen MR) is 87.6 cm³/mol. The minimum Gasteiger partial charge on any atom is -0.325 e. The summed E-state index contributed by atoms with van der Waals surface area (Å²) in [7, 11) is -3.72. The van der Waals surface area contributed by atoms with Crippen LogP contribution in [0.1, 0.15) is 19.3 Å². The fraction of sp³-hybridized carbons (Fsp3) is 0.562. The smallest absolute Gasteiger partial charge is 0.320 e. The summed E-state index contributed by atoms with van der Waals surface area (Å²) < 4.78 is 39.7. The Hall–Kier alpha value is -1.67. The number of carbonyl (C=O) groups is 1. The van der Waals surface area contributed by atoms with Gasteiger partial charge in [0.1, 0.15) is 5.82 Å². The van der Waals surface area contributed by atoms with E-state index in [1.165, 1.54) is 22.5 Å². The molecule has 2 heterocycles. The zero-order valence-corrected chi connectivity index (χ0v) is 14.3. The Morgan fingerprint density at radius 2 is 1.54 bits per heavy atom. The van der Waals surface area contributed by atoms with Gasteiger partial charge in [-0.1, -0.05) is 6.07 Å². The van der Waals surface area contributed by atoms with Gasteiger partial charge >= 0.3 is 6.03 Å². The molecule has 0 aliphatic carbocycles. The molecule has 2 aliphatic rings. The zero-order chi connectivity index (χ0) is 17.2. The molecule has 2 aliphatic heterocycles. The van der Waals surface area contributed by atoms with Gasteiger partial charge in [-0.25, -0.2) is 17.6 Å². The van der Waals surface area contributed by atoms with Crippen LogP contribution in [0, 0.1) is 5.82 Å². The summed E-state index contributed by atoms with van der Waals surface area (Å²) in [5.41, 5.74) is 0. The first-order chi connectivity index (χ1) is 11.5. The Morgan fingerprint density at radius 1 is 0.917 bits per heavy atom. The summed E-state index contributed by atoms with van der Waals surface area (Å²) in [6, 6.07) is 5.02. The molecule has 0 N–H and O–H groups in total. The molecule has 0 bridgehead atoms. The van der Waals surface area contributed by atoms with Crippen LogP contribution in [-0.2, 0) is 10.0 Å². The molecule has 0 atom stereocenters. The van der Waals surface area contributed by atoms with Crippen molar-refractivity contribution in [2.24, 2.45) is 0 Å². The highest BCUT2D eigenvalue weighted by atomic mass is 32.2. The van der Waals surface area contributed by atoms with Crippen LogP contribution in [0.2, 0.25) is 0 Å². The predicted octanol–water partition coefficient (Wildman–Crippen LogP) is 1.74. The van der Waals surface area contributed by atoms with E-state index in [0.29, 0.717) is 13.1 Å². The number of halogens is 1. The molecule has 2 amide bonds. The molecule has 2 saturated heterocycles. The van der Waals surface area contributed by atoms with E-state index in [4.69, 9.17) is 0 Å². The number of hydrogen-bond acceptors (Lipinski definition) is 3. The van der Waals surface area contributed by atoms with Crippen molar-refractivity contribution in [3.05, 3.63) is 30.1 Å². The van der Waals surface area contributed by atoms with Gasteiger partial charge in [0.15, 0.2) is 0 Å².